The van der Waals surface area contributed by atoms with Gasteiger partial charge in [-0.3, -0.25) is 4.79 Å². The van der Waals surface area contributed by atoms with Crippen LogP contribution in [-0.2, 0) is 4.79 Å². The Labute approximate surface area is 111 Å². The van der Waals surface area contributed by atoms with Crippen LogP contribution in [0.15, 0.2) is 12.2 Å². The molecule has 0 atom stereocenters. The van der Waals surface area contributed by atoms with Gasteiger partial charge in [-0.05, 0) is 56.8 Å². The van der Waals surface area contributed by atoms with Crippen molar-refractivity contribution in [3.63, 3.8) is 0 Å². The molecule has 1 saturated carbocycles. The predicted octanol–water partition coefficient (Wildman–Crippen LogP) is 4.65. The Bertz CT molecular complexity index is 314. The quantitative estimate of drug-likeness (QED) is 0.739. The lowest BCUT2D eigenvalue weighted by Gasteiger charge is -2.42. The van der Waals surface area contributed by atoms with Crippen LogP contribution in [0, 0.1) is 16.7 Å². The standard InChI is InChI=1S/C16H28O2/c1-12(2)6-9-16(14(17)18)10-7-13(8-11-16)15(3,4)5/h13H,1,6-11H2,2-5H3,(H,17,18). The Morgan fingerprint density at radius 1 is 1.33 bits per heavy atom. The fraction of sp³-hybridized carbons (Fsp3) is 0.812. The molecular weight excluding hydrogens is 224 g/mol. The van der Waals surface area contributed by atoms with Gasteiger partial charge in [-0.2, -0.15) is 0 Å². The van der Waals surface area contributed by atoms with E-state index in [1.165, 1.54) is 0 Å². The molecule has 2 nitrogen and oxygen atoms in total. The summed E-state index contributed by atoms with van der Waals surface area (Å²) < 4.78 is 0. The molecule has 0 bridgehead atoms. The third kappa shape index (κ3) is 3.60. The first-order chi connectivity index (χ1) is 8.17. The molecule has 1 rings (SSSR count). The van der Waals surface area contributed by atoms with Crippen molar-refractivity contribution in [3.05, 3.63) is 12.2 Å². The molecule has 1 aliphatic carbocycles. The first-order valence-corrected chi connectivity index (χ1v) is 7.05. The van der Waals surface area contributed by atoms with E-state index in [9.17, 15) is 9.90 Å². The summed E-state index contributed by atoms with van der Waals surface area (Å²) in [5, 5.41) is 9.56. The van der Waals surface area contributed by atoms with Crippen molar-refractivity contribution in [2.45, 2.75) is 66.2 Å². The van der Waals surface area contributed by atoms with Crippen molar-refractivity contribution in [2.24, 2.45) is 16.7 Å². The average Bonchev–Trinajstić information content (AvgIpc) is 2.25. The van der Waals surface area contributed by atoms with E-state index in [2.05, 4.69) is 27.4 Å². The van der Waals surface area contributed by atoms with Crippen LogP contribution in [0.1, 0.15) is 66.2 Å². The number of hydrogen-bond donors (Lipinski definition) is 1. The van der Waals surface area contributed by atoms with Crippen molar-refractivity contribution in [2.75, 3.05) is 0 Å². The molecule has 0 heterocycles. The molecule has 1 N–H and O–H groups in total. The Morgan fingerprint density at radius 3 is 2.17 bits per heavy atom. The number of aliphatic carboxylic acids is 1. The molecule has 0 unspecified atom stereocenters. The summed E-state index contributed by atoms with van der Waals surface area (Å²) in [6.07, 6.45) is 5.36. The SMILES string of the molecule is C=C(C)CCC1(C(=O)O)CCC(C(C)(C)C)CC1. The molecule has 0 aromatic carbocycles. The Hall–Kier alpha value is -0.790. The summed E-state index contributed by atoms with van der Waals surface area (Å²) in [5.74, 6) is 0.0610. The van der Waals surface area contributed by atoms with Crippen LogP contribution < -0.4 is 0 Å². The smallest absolute Gasteiger partial charge is 0.309 e. The molecule has 0 aliphatic heterocycles. The van der Waals surface area contributed by atoms with Gasteiger partial charge in [0, 0.05) is 0 Å². The van der Waals surface area contributed by atoms with Gasteiger partial charge in [-0.1, -0.05) is 26.3 Å². The lowest BCUT2D eigenvalue weighted by atomic mass is 9.62. The van der Waals surface area contributed by atoms with Gasteiger partial charge in [0.15, 0.2) is 0 Å². The van der Waals surface area contributed by atoms with Crippen LogP contribution in [0.3, 0.4) is 0 Å². The number of carboxylic acids is 1. The van der Waals surface area contributed by atoms with Crippen LogP contribution in [0.4, 0.5) is 0 Å². The van der Waals surface area contributed by atoms with Gasteiger partial charge in [0.25, 0.3) is 0 Å². The molecule has 2 heteroatoms. The minimum absolute atomic E-state index is 0.305. The van der Waals surface area contributed by atoms with E-state index in [4.69, 9.17) is 0 Å². The van der Waals surface area contributed by atoms with Crippen LogP contribution >= 0.6 is 0 Å². The highest BCUT2D eigenvalue weighted by Crippen LogP contribution is 2.47. The second-order valence-electron chi connectivity index (χ2n) is 7.18. The van der Waals surface area contributed by atoms with E-state index in [0.717, 1.165) is 44.1 Å². The summed E-state index contributed by atoms with van der Waals surface area (Å²) in [4.78, 5) is 11.6. The van der Waals surface area contributed by atoms with E-state index in [-0.39, 0.29) is 0 Å². The fourth-order valence-corrected chi connectivity index (χ4v) is 3.06. The van der Waals surface area contributed by atoms with Crippen molar-refractivity contribution in [1.29, 1.82) is 0 Å². The second-order valence-corrected chi connectivity index (χ2v) is 7.18. The minimum atomic E-state index is -0.601. The Balaban J connectivity index is 2.68. The van der Waals surface area contributed by atoms with Crippen LogP contribution in [0.25, 0.3) is 0 Å². The summed E-state index contributed by atoms with van der Waals surface area (Å²) in [7, 11) is 0. The maximum Gasteiger partial charge on any atom is 0.309 e. The molecule has 0 aromatic heterocycles. The molecular formula is C16H28O2. The Kier molecular flexibility index (Phi) is 4.63. The van der Waals surface area contributed by atoms with E-state index >= 15 is 0 Å². The number of carbonyl (C=O) groups is 1. The van der Waals surface area contributed by atoms with E-state index in [0.29, 0.717) is 11.3 Å². The highest BCUT2D eigenvalue weighted by Gasteiger charge is 2.43. The zero-order valence-electron chi connectivity index (χ0n) is 12.4. The van der Waals surface area contributed by atoms with Crippen molar-refractivity contribution in [3.8, 4) is 0 Å². The molecule has 0 spiro atoms. The molecule has 1 fully saturated rings. The normalized spacial score (nSPS) is 29.0. The first-order valence-electron chi connectivity index (χ1n) is 7.05. The summed E-state index contributed by atoms with van der Waals surface area (Å²) in [5.41, 5.74) is 0.910. The lowest BCUT2D eigenvalue weighted by Crippen LogP contribution is -2.38. The summed E-state index contributed by atoms with van der Waals surface area (Å²) in [6, 6.07) is 0. The third-order valence-electron chi connectivity index (χ3n) is 4.65. The van der Waals surface area contributed by atoms with Crippen molar-refractivity contribution in [1.82, 2.24) is 0 Å². The summed E-state index contributed by atoms with van der Waals surface area (Å²) in [6.45, 7) is 12.7. The van der Waals surface area contributed by atoms with Gasteiger partial charge < -0.3 is 5.11 Å². The maximum atomic E-state index is 11.6. The van der Waals surface area contributed by atoms with E-state index in [1.54, 1.807) is 0 Å². The average molecular weight is 252 g/mol. The monoisotopic (exact) mass is 252 g/mol. The van der Waals surface area contributed by atoms with Crippen molar-refractivity contribution < 1.29 is 9.90 Å². The first kappa shape index (κ1) is 15.3. The summed E-state index contributed by atoms with van der Waals surface area (Å²) >= 11 is 0. The van der Waals surface area contributed by atoms with Gasteiger partial charge in [-0.15, -0.1) is 6.58 Å². The molecule has 0 saturated heterocycles. The molecule has 104 valence electrons. The van der Waals surface area contributed by atoms with Gasteiger partial charge >= 0.3 is 5.97 Å². The van der Waals surface area contributed by atoms with Crippen LogP contribution in [-0.4, -0.2) is 11.1 Å². The van der Waals surface area contributed by atoms with E-state index < -0.39 is 11.4 Å². The number of carboxylic acid groups (broad SMARTS) is 1. The fourth-order valence-electron chi connectivity index (χ4n) is 3.06. The second kappa shape index (κ2) is 5.46. The lowest BCUT2D eigenvalue weighted by molar-refractivity contribution is -0.152. The molecule has 0 radical (unpaired) electrons. The maximum absolute atomic E-state index is 11.6. The number of hydrogen-bond acceptors (Lipinski definition) is 1. The Morgan fingerprint density at radius 2 is 1.83 bits per heavy atom. The topological polar surface area (TPSA) is 37.3 Å². The third-order valence-corrected chi connectivity index (χ3v) is 4.65. The van der Waals surface area contributed by atoms with Gasteiger partial charge in [0.1, 0.15) is 0 Å². The zero-order chi connectivity index (χ0) is 14.0. The number of allylic oxidation sites excluding steroid dienone is 1. The van der Waals surface area contributed by atoms with Crippen molar-refractivity contribution >= 4 is 5.97 Å². The largest absolute Gasteiger partial charge is 0.481 e. The highest BCUT2D eigenvalue weighted by molar-refractivity contribution is 5.74. The zero-order valence-corrected chi connectivity index (χ0v) is 12.4. The van der Waals surface area contributed by atoms with E-state index in [1.807, 2.05) is 6.92 Å². The molecule has 18 heavy (non-hydrogen) atoms. The van der Waals surface area contributed by atoms with Gasteiger partial charge in [-0.25, -0.2) is 0 Å². The minimum Gasteiger partial charge on any atom is -0.481 e. The number of rotatable bonds is 4. The predicted molar refractivity (Wildman–Crippen MR) is 75.5 cm³/mol. The van der Waals surface area contributed by atoms with Gasteiger partial charge in [0.2, 0.25) is 0 Å². The highest BCUT2D eigenvalue weighted by atomic mass is 16.4. The molecule has 0 amide bonds. The van der Waals surface area contributed by atoms with Gasteiger partial charge in [0.05, 0.1) is 5.41 Å². The van der Waals surface area contributed by atoms with Crippen LogP contribution in [0.5, 0.6) is 0 Å². The van der Waals surface area contributed by atoms with Crippen LogP contribution in [0.2, 0.25) is 0 Å². The molecule has 0 aromatic rings. The molecule has 1 aliphatic rings.